The first kappa shape index (κ1) is 17.0. The standard InChI is InChI=1S/C13H24Br2O2S/c1-2-18(16,17)9-5-8-13(10-14,11-15)12-6-3-4-7-12/h12H,2-11H2,1H3. The van der Waals surface area contributed by atoms with Crippen LogP contribution >= 0.6 is 31.9 Å². The number of alkyl halides is 2. The monoisotopic (exact) mass is 402 g/mol. The van der Waals surface area contributed by atoms with Crippen LogP contribution in [0.4, 0.5) is 0 Å². The summed E-state index contributed by atoms with van der Waals surface area (Å²) >= 11 is 7.32. The molecule has 0 N–H and O–H groups in total. The summed E-state index contributed by atoms with van der Waals surface area (Å²) in [6.45, 7) is 1.73. The minimum Gasteiger partial charge on any atom is -0.229 e. The van der Waals surface area contributed by atoms with Crippen molar-refractivity contribution in [3.05, 3.63) is 0 Å². The second-order valence-electron chi connectivity index (χ2n) is 5.45. The molecule has 0 spiro atoms. The maximum absolute atomic E-state index is 11.6. The highest BCUT2D eigenvalue weighted by molar-refractivity contribution is 9.09. The molecule has 0 aromatic heterocycles. The molecular formula is C13H24Br2O2S. The Bertz CT molecular complexity index is 331. The molecule has 0 atom stereocenters. The summed E-state index contributed by atoms with van der Waals surface area (Å²) in [6.07, 6.45) is 7.08. The van der Waals surface area contributed by atoms with E-state index in [-0.39, 0.29) is 11.2 Å². The minimum atomic E-state index is -2.81. The van der Waals surface area contributed by atoms with E-state index in [9.17, 15) is 8.42 Å². The van der Waals surface area contributed by atoms with Gasteiger partial charge in [-0.05, 0) is 37.0 Å². The van der Waals surface area contributed by atoms with Gasteiger partial charge < -0.3 is 0 Å². The summed E-state index contributed by atoms with van der Waals surface area (Å²) in [4.78, 5) is 0. The summed E-state index contributed by atoms with van der Waals surface area (Å²) in [5.41, 5.74) is 0.250. The minimum absolute atomic E-state index is 0.250. The Morgan fingerprint density at radius 1 is 1.17 bits per heavy atom. The van der Waals surface area contributed by atoms with Crippen LogP contribution in [0, 0.1) is 11.3 Å². The van der Waals surface area contributed by atoms with Crippen LogP contribution in [0.2, 0.25) is 0 Å². The van der Waals surface area contributed by atoms with Crippen molar-refractivity contribution in [3.63, 3.8) is 0 Å². The molecule has 0 unspecified atom stereocenters. The van der Waals surface area contributed by atoms with Crippen molar-refractivity contribution in [2.24, 2.45) is 11.3 Å². The van der Waals surface area contributed by atoms with E-state index in [1.807, 2.05) is 0 Å². The van der Waals surface area contributed by atoms with Crippen molar-refractivity contribution in [3.8, 4) is 0 Å². The molecule has 0 saturated heterocycles. The zero-order chi connectivity index (χ0) is 13.6. The van der Waals surface area contributed by atoms with Gasteiger partial charge in [-0.2, -0.15) is 0 Å². The zero-order valence-electron chi connectivity index (χ0n) is 11.1. The summed E-state index contributed by atoms with van der Waals surface area (Å²) in [7, 11) is -2.81. The average Bonchev–Trinajstić information content (AvgIpc) is 2.89. The van der Waals surface area contributed by atoms with Crippen LogP contribution in [0.5, 0.6) is 0 Å². The van der Waals surface area contributed by atoms with Crippen molar-refractivity contribution in [2.45, 2.75) is 45.4 Å². The topological polar surface area (TPSA) is 34.1 Å². The molecule has 0 radical (unpaired) electrons. The molecule has 2 nitrogen and oxygen atoms in total. The highest BCUT2D eigenvalue weighted by atomic mass is 79.9. The molecule has 0 amide bonds. The van der Waals surface area contributed by atoms with Crippen LogP contribution in [0.15, 0.2) is 0 Å². The van der Waals surface area contributed by atoms with Crippen molar-refractivity contribution in [1.82, 2.24) is 0 Å². The number of halogens is 2. The first-order chi connectivity index (χ1) is 8.49. The van der Waals surface area contributed by atoms with Crippen molar-refractivity contribution in [1.29, 1.82) is 0 Å². The molecule has 18 heavy (non-hydrogen) atoms. The van der Waals surface area contributed by atoms with E-state index in [1.165, 1.54) is 25.7 Å². The molecule has 5 heteroatoms. The number of sulfone groups is 1. The Balaban J connectivity index is 2.57. The van der Waals surface area contributed by atoms with Gasteiger partial charge >= 0.3 is 0 Å². The van der Waals surface area contributed by atoms with Gasteiger partial charge in [-0.1, -0.05) is 51.6 Å². The lowest BCUT2D eigenvalue weighted by Gasteiger charge is -2.36. The predicted molar refractivity (Wildman–Crippen MR) is 85.5 cm³/mol. The van der Waals surface area contributed by atoms with Crippen LogP contribution in [-0.4, -0.2) is 30.6 Å². The van der Waals surface area contributed by atoms with Crippen LogP contribution in [-0.2, 0) is 9.84 Å². The molecular weight excluding hydrogens is 380 g/mol. The SMILES string of the molecule is CCS(=O)(=O)CCCC(CBr)(CBr)C1CCCC1. The number of rotatable bonds is 8. The maximum atomic E-state index is 11.6. The second kappa shape index (κ2) is 7.63. The van der Waals surface area contributed by atoms with Crippen LogP contribution in [0.3, 0.4) is 0 Å². The Morgan fingerprint density at radius 2 is 1.72 bits per heavy atom. The van der Waals surface area contributed by atoms with Crippen LogP contribution < -0.4 is 0 Å². The van der Waals surface area contributed by atoms with E-state index >= 15 is 0 Å². The molecule has 1 aliphatic rings. The summed E-state index contributed by atoms with van der Waals surface area (Å²) < 4.78 is 23.1. The van der Waals surface area contributed by atoms with Crippen molar-refractivity contribution >= 4 is 41.7 Å². The Kier molecular flexibility index (Phi) is 7.19. The zero-order valence-corrected chi connectivity index (χ0v) is 15.1. The first-order valence-corrected chi connectivity index (χ1v) is 10.9. The van der Waals surface area contributed by atoms with E-state index in [0.717, 1.165) is 29.4 Å². The van der Waals surface area contributed by atoms with Gasteiger partial charge in [0.1, 0.15) is 9.84 Å². The van der Waals surface area contributed by atoms with Gasteiger partial charge in [0.25, 0.3) is 0 Å². The fraction of sp³-hybridized carbons (Fsp3) is 1.00. The largest absolute Gasteiger partial charge is 0.229 e. The van der Waals surface area contributed by atoms with Gasteiger partial charge in [-0.15, -0.1) is 0 Å². The van der Waals surface area contributed by atoms with E-state index < -0.39 is 9.84 Å². The number of hydrogen-bond donors (Lipinski definition) is 0. The van der Waals surface area contributed by atoms with Gasteiger partial charge in [0.05, 0.1) is 5.75 Å². The van der Waals surface area contributed by atoms with Gasteiger partial charge in [-0.3, -0.25) is 0 Å². The van der Waals surface area contributed by atoms with E-state index in [1.54, 1.807) is 6.92 Å². The fourth-order valence-electron chi connectivity index (χ4n) is 2.92. The third-order valence-corrected chi connectivity index (χ3v) is 8.35. The molecule has 1 saturated carbocycles. The van der Waals surface area contributed by atoms with Crippen molar-refractivity contribution < 1.29 is 8.42 Å². The molecule has 1 fully saturated rings. The molecule has 0 heterocycles. The van der Waals surface area contributed by atoms with Gasteiger partial charge in [-0.25, -0.2) is 8.42 Å². The van der Waals surface area contributed by atoms with Gasteiger partial charge in [0, 0.05) is 16.4 Å². The Morgan fingerprint density at radius 3 is 2.17 bits per heavy atom. The fourth-order valence-corrected chi connectivity index (χ4v) is 6.20. The highest BCUT2D eigenvalue weighted by Gasteiger charge is 2.38. The van der Waals surface area contributed by atoms with E-state index in [2.05, 4.69) is 31.9 Å². The normalized spacial score (nSPS) is 18.4. The lowest BCUT2D eigenvalue weighted by Crippen LogP contribution is -2.33. The van der Waals surface area contributed by atoms with Crippen LogP contribution in [0.25, 0.3) is 0 Å². The number of hydrogen-bond acceptors (Lipinski definition) is 2. The van der Waals surface area contributed by atoms with Gasteiger partial charge in [0.15, 0.2) is 0 Å². The maximum Gasteiger partial charge on any atom is 0.150 e. The third-order valence-electron chi connectivity index (χ3n) is 4.32. The molecule has 0 aromatic rings. The third kappa shape index (κ3) is 4.48. The van der Waals surface area contributed by atoms with Crippen molar-refractivity contribution in [2.75, 3.05) is 22.2 Å². The average molecular weight is 404 g/mol. The molecule has 1 aliphatic carbocycles. The molecule has 0 aromatic carbocycles. The lowest BCUT2D eigenvalue weighted by atomic mass is 9.74. The summed E-state index contributed by atoms with van der Waals surface area (Å²) in [6, 6.07) is 0. The molecule has 0 bridgehead atoms. The van der Waals surface area contributed by atoms with Gasteiger partial charge in [0.2, 0.25) is 0 Å². The summed E-state index contributed by atoms with van der Waals surface area (Å²) in [5, 5.41) is 1.95. The smallest absolute Gasteiger partial charge is 0.150 e. The van der Waals surface area contributed by atoms with Crippen LogP contribution in [0.1, 0.15) is 45.4 Å². The molecule has 0 aliphatic heterocycles. The molecule has 1 rings (SSSR count). The quantitative estimate of drug-likeness (QED) is 0.570. The second-order valence-corrected chi connectivity index (χ2v) is 9.05. The lowest BCUT2D eigenvalue weighted by molar-refractivity contribution is 0.215. The molecule has 108 valence electrons. The first-order valence-electron chi connectivity index (χ1n) is 6.82. The van der Waals surface area contributed by atoms with E-state index in [0.29, 0.717) is 5.75 Å². The summed E-state index contributed by atoms with van der Waals surface area (Å²) in [5.74, 6) is 1.37. The Hall–Kier alpha value is 0.910. The Labute approximate surface area is 128 Å². The highest BCUT2D eigenvalue weighted by Crippen LogP contribution is 2.45. The predicted octanol–water partition coefficient (Wildman–Crippen LogP) is 4.17. The van der Waals surface area contributed by atoms with E-state index in [4.69, 9.17) is 0 Å².